The van der Waals surface area contributed by atoms with Crippen LogP contribution in [0.25, 0.3) is 0 Å². The van der Waals surface area contributed by atoms with E-state index >= 15 is 0 Å². The molecule has 0 atom stereocenters. The van der Waals surface area contributed by atoms with Crippen LogP contribution >= 0.6 is 0 Å². The third-order valence-electron chi connectivity index (χ3n) is 10.8. The van der Waals surface area contributed by atoms with E-state index in [4.69, 9.17) is 0 Å². The number of rotatable bonds is 39. The summed E-state index contributed by atoms with van der Waals surface area (Å²) in [6.45, 7) is 2.30. The molecule has 288 valence electrons. The maximum absolute atomic E-state index is 11.4. The first-order valence-electron chi connectivity index (χ1n) is 22.1. The van der Waals surface area contributed by atoms with Crippen molar-refractivity contribution in [3.8, 4) is 0 Å². The Morgan fingerprint density at radius 3 is 0.840 bits per heavy atom. The molecule has 0 unspecified atom stereocenters. The molecule has 0 aliphatic rings. The molecule has 1 aromatic rings. The van der Waals surface area contributed by atoms with Gasteiger partial charge in [-0.05, 0) is 24.5 Å². The van der Waals surface area contributed by atoms with Gasteiger partial charge in [-0.25, -0.2) is 8.42 Å². The van der Waals surface area contributed by atoms with E-state index in [-0.39, 0.29) is 56.3 Å². The zero-order chi connectivity index (χ0) is 35.4. The third-order valence-corrected chi connectivity index (χ3v) is 11.7. The van der Waals surface area contributed by atoms with Crippen LogP contribution in [-0.4, -0.2) is 13.0 Å². The van der Waals surface area contributed by atoms with E-state index < -0.39 is 10.1 Å². The van der Waals surface area contributed by atoms with Gasteiger partial charge in [-0.15, -0.1) is 0 Å². The minimum atomic E-state index is -4.37. The van der Waals surface area contributed by atoms with Crippen LogP contribution in [0.1, 0.15) is 250 Å². The molecule has 0 aliphatic heterocycles. The molecular formula is C45H83KO3S. The summed E-state index contributed by atoms with van der Waals surface area (Å²) in [4.78, 5) is -0.0403. The fraction of sp³-hybridized carbons (Fsp3) is 0.867. The average molecular weight is 743 g/mol. The first kappa shape index (κ1) is 50.8. The van der Waals surface area contributed by atoms with Crippen LogP contribution in [0.4, 0.5) is 0 Å². The Morgan fingerprint density at radius 1 is 0.380 bits per heavy atom. The molecule has 0 aliphatic carbocycles. The molecule has 0 saturated carbocycles. The summed E-state index contributed by atoms with van der Waals surface area (Å²) in [5.74, 6) is 0. The van der Waals surface area contributed by atoms with E-state index in [0.717, 1.165) is 12.8 Å². The van der Waals surface area contributed by atoms with Crippen LogP contribution in [0.15, 0.2) is 29.2 Å². The van der Waals surface area contributed by atoms with E-state index in [1.807, 2.05) is 6.07 Å². The van der Waals surface area contributed by atoms with Gasteiger partial charge in [-0.3, -0.25) is 0 Å². The van der Waals surface area contributed by atoms with Crippen molar-refractivity contribution in [1.29, 1.82) is 0 Å². The van der Waals surface area contributed by atoms with E-state index in [1.165, 1.54) is 231 Å². The summed E-state index contributed by atoms with van der Waals surface area (Å²) in [5, 5.41) is 0. The van der Waals surface area contributed by atoms with Gasteiger partial charge in [0, 0.05) is 0 Å². The number of benzene rings is 1. The van der Waals surface area contributed by atoms with Crippen LogP contribution in [-0.2, 0) is 16.5 Å². The van der Waals surface area contributed by atoms with E-state index in [2.05, 4.69) is 6.92 Å². The molecule has 1 rings (SSSR count). The van der Waals surface area contributed by atoms with Crippen molar-refractivity contribution in [2.45, 2.75) is 256 Å². The first-order valence-corrected chi connectivity index (χ1v) is 23.5. The molecular weight excluding hydrogens is 660 g/mol. The Kier molecular flexibility index (Phi) is 40.1. The monoisotopic (exact) mass is 743 g/mol. The molecule has 0 fully saturated rings. The second-order valence-electron chi connectivity index (χ2n) is 15.5. The second kappa shape index (κ2) is 39.5. The SMILES string of the molecule is CCCCCCCCCCCCCCCCCCCCCCCCCCCCCCCCCCCCCCCc1ccccc1S(=O)(=O)[O-].[K+]. The molecule has 0 amide bonds. The Morgan fingerprint density at radius 2 is 0.600 bits per heavy atom. The Balaban J connectivity index is 0.0000240. The van der Waals surface area contributed by atoms with Gasteiger partial charge in [0.1, 0.15) is 10.1 Å². The Hall–Kier alpha value is 0.766. The van der Waals surface area contributed by atoms with Crippen molar-refractivity contribution < 1.29 is 64.4 Å². The second-order valence-corrected chi connectivity index (χ2v) is 16.9. The van der Waals surface area contributed by atoms with Gasteiger partial charge in [-0.1, -0.05) is 256 Å². The zero-order valence-electron chi connectivity index (χ0n) is 33.8. The molecule has 1 aromatic carbocycles. The molecule has 0 aromatic heterocycles. The van der Waals surface area contributed by atoms with Gasteiger partial charge in [0.05, 0.1) is 4.90 Å². The molecule has 0 radical (unpaired) electrons. The zero-order valence-corrected chi connectivity index (χ0v) is 37.8. The maximum Gasteiger partial charge on any atom is 1.00 e. The van der Waals surface area contributed by atoms with Gasteiger partial charge in [0.2, 0.25) is 0 Å². The third kappa shape index (κ3) is 34.5. The molecule has 5 heteroatoms. The topological polar surface area (TPSA) is 57.2 Å². The summed E-state index contributed by atoms with van der Waals surface area (Å²) in [6.07, 6.45) is 52.9. The molecule has 3 nitrogen and oxygen atoms in total. The summed E-state index contributed by atoms with van der Waals surface area (Å²) in [6, 6.07) is 6.65. The fourth-order valence-corrected chi connectivity index (χ4v) is 8.27. The molecule has 0 spiro atoms. The quantitative estimate of drug-likeness (QED) is 0.0383. The van der Waals surface area contributed by atoms with Gasteiger partial charge in [-0.2, -0.15) is 0 Å². The van der Waals surface area contributed by atoms with Crippen molar-refractivity contribution in [2.24, 2.45) is 0 Å². The summed E-state index contributed by atoms with van der Waals surface area (Å²) in [7, 11) is -4.37. The van der Waals surface area contributed by atoms with Crippen molar-refractivity contribution >= 4 is 10.1 Å². The normalized spacial score (nSPS) is 11.6. The van der Waals surface area contributed by atoms with Crippen LogP contribution in [0.2, 0.25) is 0 Å². The predicted molar refractivity (Wildman–Crippen MR) is 215 cm³/mol. The maximum atomic E-state index is 11.4. The number of hydrogen-bond donors (Lipinski definition) is 0. The molecule has 0 N–H and O–H groups in total. The fourth-order valence-electron chi connectivity index (χ4n) is 7.53. The molecule has 0 heterocycles. The van der Waals surface area contributed by atoms with Gasteiger partial charge >= 0.3 is 51.4 Å². The number of hydrogen-bond acceptors (Lipinski definition) is 3. The number of unbranched alkanes of at least 4 members (excludes halogenated alkanes) is 36. The van der Waals surface area contributed by atoms with Crippen LogP contribution in [0.5, 0.6) is 0 Å². The minimum absolute atomic E-state index is 0. The average Bonchev–Trinajstić information content (AvgIpc) is 3.09. The van der Waals surface area contributed by atoms with Crippen molar-refractivity contribution in [3.05, 3.63) is 29.8 Å². The van der Waals surface area contributed by atoms with Crippen molar-refractivity contribution in [3.63, 3.8) is 0 Å². The summed E-state index contributed by atoms with van der Waals surface area (Å²) in [5.41, 5.74) is 0.675. The molecule has 0 saturated heterocycles. The minimum Gasteiger partial charge on any atom is -0.744 e. The van der Waals surface area contributed by atoms with Crippen LogP contribution in [0, 0.1) is 0 Å². The Labute approximate surface area is 356 Å². The summed E-state index contributed by atoms with van der Waals surface area (Å²) < 4.78 is 34.2. The van der Waals surface area contributed by atoms with E-state index in [1.54, 1.807) is 12.1 Å². The van der Waals surface area contributed by atoms with Gasteiger partial charge < -0.3 is 4.55 Å². The largest absolute Gasteiger partial charge is 1.00 e. The van der Waals surface area contributed by atoms with Crippen molar-refractivity contribution in [1.82, 2.24) is 0 Å². The van der Waals surface area contributed by atoms with Crippen molar-refractivity contribution in [2.75, 3.05) is 0 Å². The van der Waals surface area contributed by atoms with Gasteiger partial charge in [0.25, 0.3) is 0 Å². The van der Waals surface area contributed by atoms with Crippen LogP contribution < -0.4 is 51.4 Å². The predicted octanol–water partition coefficient (Wildman–Crippen LogP) is 12.6. The van der Waals surface area contributed by atoms with E-state index in [9.17, 15) is 13.0 Å². The molecule has 50 heavy (non-hydrogen) atoms. The van der Waals surface area contributed by atoms with Gasteiger partial charge in [0.15, 0.2) is 0 Å². The summed E-state index contributed by atoms with van der Waals surface area (Å²) >= 11 is 0. The van der Waals surface area contributed by atoms with Crippen LogP contribution in [0.3, 0.4) is 0 Å². The number of aryl methyl sites for hydroxylation is 1. The molecule has 0 bridgehead atoms. The smallest absolute Gasteiger partial charge is 0.744 e. The Bertz CT molecular complexity index is 919. The first-order chi connectivity index (χ1) is 24.1. The standard InChI is InChI=1S/C45H84O3S.K/c1-2-3-4-5-6-7-8-9-10-11-12-13-14-15-16-17-18-19-20-21-22-23-24-25-26-27-28-29-30-31-32-33-34-35-36-37-38-41-44-42-39-40-43-45(44)49(46,47)48;/h39-40,42-43H,2-38,41H2,1H3,(H,46,47,48);/q;+1/p-1. The van der Waals surface area contributed by atoms with E-state index in [0.29, 0.717) is 12.0 Å².